The summed E-state index contributed by atoms with van der Waals surface area (Å²) in [7, 11) is 0. The highest BCUT2D eigenvalue weighted by molar-refractivity contribution is 6.16. The molecule has 0 spiro atoms. The van der Waals surface area contributed by atoms with Gasteiger partial charge in [0.2, 0.25) is 5.89 Å². The predicted octanol–water partition coefficient (Wildman–Crippen LogP) is 3.10. The summed E-state index contributed by atoms with van der Waals surface area (Å²) in [4.78, 5) is 4.11. The Hall–Kier alpha value is -1.28. The van der Waals surface area contributed by atoms with Crippen molar-refractivity contribution < 1.29 is 4.42 Å². The highest BCUT2D eigenvalue weighted by Gasteiger charge is 2.29. The van der Waals surface area contributed by atoms with E-state index < -0.39 is 0 Å². The predicted molar refractivity (Wildman–Crippen MR) is 58.0 cm³/mol. The van der Waals surface area contributed by atoms with Crippen molar-refractivity contribution in [3.63, 3.8) is 0 Å². The molecule has 0 aliphatic heterocycles. The fraction of sp³-hybridized carbons (Fsp3) is 0.250. The minimum Gasteiger partial charge on any atom is -0.444 e. The molecule has 0 amide bonds. The summed E-state index contributed by atoms with van der Waals surface area (Å²) in [5.41, 5.74) is 2.76. The molecule has 1 atom stereocenters. The Labute approximate surface area is 92.9 Å². The molecule has 1 aromatic heterocycles. The van der Waals surface area contributed by atoms with Gasteiger partial charge in [-0.2, -0.15) is 0 Å². The number of alkyl halides is 1. The molecule has 15 heavy (non-hydrogen) atoms. The Balaban J connectivity index is 1.93. The van der Waals surface area contributed by atoms with E-state index in [4.69, 9.17) is 16.0 Å². The molecule has 1 heterocycles. The summed E-state index contributed by atoms with van der Waals surface area (Å²) in [6, 6.07) is 8.43. The second-order valence-electron chi connectivity index (χ2n) is 3.75. The Bertz CT molecular complexity index is 492. The van der Waals surface area contributed by atoms with Gasteiger partial charge < -0.3 is 4.42 Å². The molecule has 1 unspecified atom stereocenters. The van der Waals surface area contributed by atoms with Crippen LogP contribution in [0.15, 0.2) is 34.9 Å². The third-order valence-corrected chi connectivity index (χ3v) is 3.11. The van der Waals surface area contributed by atoms with Crippen LogP contribution in [0.25, 0.3) is 0 Å². The molecular formula is C12H10ClNO. The summed E-state index contributed by atoms with van der Waals surface area (Å²) in [6.45, 7) is 0. The number of hydrogen-bond acceptors (Lipinski definition) is 2. The molecule has 1 aliphatic rings. The molecule has 1 aliphatic carbocycles. The zero-order chi connectivity index (χ0) is 10.3. The largest absolute Gasteiger partial charge is 0.444 e. The van der Waals surface area contributed by atoms with Crippen molar-refractivity contribution in [2.75, 3.05) is 0 Å². The summed E-state index contributed by atoms with van der Waals surface area (Å²) in [5.74, 6) is 2.26. The number of rotatable bonds is 2. The van der Waals surface area contributed by atoms with Crippen molar-refractivity contribution in [2.45, 2.75) is 18.2 Å². The number of oxazole rings is 1. The van der Waals surface area contributed by atoms with Gasteiger partial charge in [-0.1, -0.05) is 24.3 Å². The van der Waals surface area contributed by atoms with Gasteiger partial charge in [0.1, 0.15) is 5.76 Å². The maximum Gasteiger partial charge on any atom is 0.209 e. The molecule has 76 valence electrons. The third-order valence-electron chi connectivity index (χ3n) is 2.88. The second-order valence-corrected chi connectivity index (χ2v) is 4.01. The van der Waals surface area contributed by atoms with E-state index in [0.29, 0.717) is 17.7 Å². The molecule has 0 bridgehead atoms. The SMILES string of the molecule is ClCc1ncc(C2Cc3ccccc32)o1. The Kier molecular flexibility index (Phi) is 2.03. The lowest BCUT2D eigenvalue weighted by molar-refractivity contribution is 0.438. The van der Waals surface area contributed by atoms with Crippen LogP contribution in [0.2, 0.25) is 0 Å². The van der Waals surface area contributed by atoms with Gasteiger partial charge in [0.05, 0.1) is 12.1 Å². The smallest absolute Gasteiger partial charge is 0.209 e. The van der Waals surface area contributed by atoms with E-state index in [-0.39, 0.29) is 0 Å². The minimum atomic E-state index is 0.342. The van der Waals surface area contributed by atoms with E-state index in [1.165, 1.54) is 11.1 Å². The number of aromatic nitrogens is 1. The Morgan fingerprint density at radius 1 is 1.40 bits per heavy atom. The van der Waals surface area contributed by atoms with Crippen molar-refractivity contribution >= 4 is 11.6 Å². The second kappa shape index (κ2) is 3.38. The zero-order valence-corrected chi connectivity index (χ0v) is 8.87. The number of hydrogen-bond donors (Lipinski definition) is 0. The lowest BCUT2D eigenvalue weighted by atomic mass is 9.76. The summed E-state index contributed by atoms with van der Waals surface area (Å²) in [6.07, 6.45) is 2.84. The van der Waals surface area contributed by atoms with Crippen LogP contribution in [0, 0.1) is 0 Å². The van der Waals surface area contributed by atoms with Crippen LogP contribution in [0.5, 0.6) is 0 Å². The van der Waals surface area contributed by atoms with E-state index in [0.717, 1.165) is 12.2 Å². The summed E-state index contributed by atoms with van der Waals surface area (Å²) < 4.78 is 5.55. The molecular weight excluding hydrogens is 210 g/mol. The van der Waals surface area contributed by atoms with Gasteiger partial charge in [-0.05, 0) is 17.5 Å². The number of benzene rings is 1. The van der Waals surface area contributed by atoms with Crippen molar-refractivity contribution in [1.82, 2.24) is 4.98 Å². The third kappa shape index (κ3) is 1.37. The van der Waals surface area contributed by atoms with Crippen LogP contribution >= 0.6 is 11.6 Å². The molecule has 2 aromatic rings. The molecule has 0 saturated carbocycles. The van der Waals surface area contributed by atoms with E-state index in [9.17, 15) is 0 Å². The highest BCUT2D eigenvalue weighted by atomic mass is 35.5. The maximum absolute atomic E-state index is 5.65. The van der Waals surface area contributed by atoms with Gasteiger partial charge in [0.25, 0.3) is 0 Å². The molecule has 3 heteroatoms. The van der Waals surface area contributed by atoms with E-state index in [2.05, 4.69) is 29.2 Å². The van der Waals surface area contributed by atoms with Gasteiger partial charge in [-0.15, -0.1) is 11.6 Å². The van der Waals surface area contributed by atoms with Crippen molar-refractivity contribution in [3.8, 4) is 0 Å². The van der Waals surface area contributed by atoms with Crippen LogP contribution in [0.3, 0.4) is 0 Å². The van der Waals surface area contributed by atoms with Gasteiger partial charge >= 0.3 is 0 Å². The van der Waals surface area contributed by atoms with Crippen molar-refractivity contribution in [1.29, 1.82) is 0 Å². The zero-order valence-electron chi connectivity index (χ0n) is 8.11. The first-order chi connectivity index (χ1) is 7.38. The van der Waals surface area contributed by atoms with E-state index in [1.54, 1.807) is 6.20 Å². The molecule has 1 aromatic carbocycles. The number of nitrogens with zero attached hydrogens (tertiary/aromatic N) is 1. The van der Waals surface area contributed by atoms with Crippen molar-refractivity contribution in [2.24, 2.45) is 0 Å². The summed E-state index contributed by atoms with van der Waals surface area (Å²) in [5, 5.41) is 0. The molecule has 0 saturated heterocycles. The number of halogens is 1. The Morgan fingerprint density at radius 2 is 2.27 bits per heavy atom. The first-order valence-corrected chi connectivity index (χ1v) is 5.50. The normalized spacial score (nSPS) is 18.3. The van der Waals surface area contributed by atoms with Crippen LogP contribution in [0.4, 0.5) is 0 Å². The highest BCUT2D eigenvalue weighted by Crippen LogP contribution is 2.39. The van der Waals surface area contributed by atoms with Gasteiger partial charge in [-0.3, -0.25) is 0 Å². The average Bonchev–Trinajstić information content (AvgIpc) is 2.68. The topological polar surface area (TPSA) is 26.0 Å². The molecule has 0 N–H and O–H groups in total. The first-order valence-electron chi connectivity index (χ1n) is 4.97. The fourth-order valence-corrected chi connectivity index (χ4v) is 2.18. The molecule has 3 rings (SSSR count). The standard InChI is InChI=1S/C12H10ClNO/c13-6-12-14-7-11(15-12)10-5-8-3-1-2-4-9(8)10/h1-4,7,10H,5-6H2. The molecule has 0 fully saturated rings. The molecule has 2 nitrogen and oxygen atoms in total. The summed E-state index contributed by atoms with van der Waals surface area (Å²) >= 11 is 5.65. The quantitative estimate of drug-likeness (QED) is 0.726. The fourth-order valence-electron chi connectivity index (χ4n) is 2.06. The van der Waals surface area contributed by atoms with Crippen LogP contribution in [-0.4, -0.2) is 4.98 Å². The average molecular weight is 220 g/mol. The monoisotopic (exact) mass is 219 g/mol. The van der Waals surface area contributed by atoms with Crippen LogP contribution < -0.4 is 0 Å². The lowest BCUT2D eigenvalue weighted by Crippen LogP contribution is -2.17. The minimum absolute atomic E-state index is 0.342. The van der Waals surface area contributed by atoms with E-state index >= 15 is 0 Å². The number of fused-ring (bicyclic) bond motifs is 1. The molecule has 0 radical (unpaired) electrons. The van der Waals surface area contributed by atoms with Gasteiger partial charge in [0.15, 0.2) is 0 Å². The Morgan fingerprint density at radius 3 is 3.00 bits per heavy atom. The first kappa shape index (κ1) is 8.98. The van der Waals surface area contributed by atoms with Gasteiger partial charge in [-0.25, -0.2) is 4.98 Å². The van der Waals surface area contributed by atoms with Crippen molar-refractivity contribution in [3.05, 3.63) is 53.2 Å². The van der Waals surface area contributed by atoms with Crippen LogP contribution in [0.1, 0.15) is 28.7 Å². The lowest BCUT2D eigenvalue weighted by Gasteiger charge is -2.27. The van der Waals surface area contributed by atoms with Crippen LogP contribution in [-0.2, 0) is 12.3 Å². The maximum atomic E-state index is 5.65. The van der Waals surface area contributed by atoms with E-state index in [1.807, 2.05) is 0 Å². The van der Waals surface area contributed by atoms with Gasteiger partial charge in [0, 0.05) is 5.92 Å².